The molecule has 2 rings (SSSR count). The first-order valence-electron chi connectivity index (χ1n) is 6.43. The van der Waals surface area contributed by atoms with Crippen LogP contribution in [-0.4, -0.2) is 15.5 Å². The van der Waals surface area contributed by atoms with Crippen molar-refractivity contribution in [1.29, 1.82) is 0 Å². The minimum Gasteiger partial charge on any atom is -0.326 e. The molecule has 6 heteroatoms. The minimum atomic E-state index is -3.66. The van der Waals surface area contributed by atoms with E-state index in [4.69, 9.17) is 5.73 Å². The van der Waals surface area contributed by atoms with E-state index in [1.807, 2.05) is 6.07 Å². The maximum Gasteiger partial charge on any atom is 0.239 e. The van der Waals surface area contributed by atoms with Crippen molar-refractivity contribution in [2.24, 2.45) is 5.73 Å². The van der Waals surface area contributed by atoms with E-state index >= 15 is 0 Å². The number of nitrogens with two attached hydrogens (primary N) is 1. The number of sulfonamides is 1. The molecule has 0 saturated heterocycles. The highest BCUT2D eigenvalue weighted by Gasteiger charge is 2.21. The molecule has 0 fully saturated rings. The Hall–Kier alpha value is -1.92. The molecule has 0 saturated carbocycles. The molecule has 0 radical (unpaired) electrons. The summed E-state index contributed by atoms with van der Waals surface area (Å²) >= 11 is 0. The second-order valence-corrected chi connectivity index (χ2v) is 6.70. The van der Waals surface area contributed by atoms with Gasteiger partial charge in [0.2, 0.25) is 10.0 Å². The van der Waals surface area contributed by atoms with E-state index in [0.29, 0.717) is 12.1 Å². The molecule has 0 spiro atoms. The van der Waals surface area contributed by atoms with Crippen LogP contribution >= 0.6 is 0 Å². The summed E-state index contributed by atoms with van der Waals surface area (Å²) < 4.78 is 39.4. The fourth-order valence-corrected chi connectivity index (χ4v) is 3.25. The number of nitrogens with zero attached hydrogens (tertiary/aromatic N) is 1. The Bertz CT molecular complexity index is 732. The molecule has 2 N–H and O–H groups in total. The quantitative estimate of drug-likeness (QED) is 0.921. The second kappa shape index (κ2) is 6.24. The van der Waals surface area contributed by atoms with Crippen molar-refractivity contribution in [3.63, 3.8) is 0 Å². The summed E-state index contributed by atoms with van der Waals surface area (Å²) in [6.45, 7) is 0.344. The molecule has 112 valence electrons. The zero-order chi connectivity index (χ0) is 15.5. The van der Waals surface area contributed by atoms with E-state index in [9.17, 15) is 12.8 Å². The smallest absolute Gasteiger partial charge is 0.239 e. The Labute approximate surface area is 124 Å². The van der Waals surface area contributed by atoms with Crippen LogP contribution in [0.15, 0.2) is 48.5 Å². The number of hydrogen-bond acceptors (Lipinski definition) is 3. The van der Waals surface area contributed by atoms with Gasteiger partial charge in [-0.05, 0) is 23.3 Å². The molecule has 0 aromatic heterocycles. The maximum absolute atomic E-state index is 13.7. The number of para-hydroxylation sites is 1. The van der Waals surface area contributed by atoms with Gasteiger partial charge in [0.25, 0.3) is 0 Å². The van der Waals surface area contributed by atoms with Crippen LogP contribution in [0.5, 0.6) is 0 Å². The second-order valence-electron chi connectivity index (χ2n) is 4.70. The number of benzene rings is 2. The Morgan fingerprint density at radius 1 is 1.10 bits per heavy atom. The van der Waals surface area contributed by atoms with Crippen LogP contribution in [0.25, 0.3) is 0 Å². The van der Waals surface area contributed by atoms with E-state index in [1.165, 1.54) is 25.2 Å². The molecule has 2 aromatic rings. The Morgan fingerprint density at radius 2 is 1.76 bits per heavy atom. The highest BCUT2D eigenvalue weighted by Crippen LogP contribution is 2.22. The van der Waals surface area contributed by atoms with Gasteiger partial charge in [-0.1, -0.05) is 36.4 Å². The predicted octanol–water partition coefficient (Wildman–Crippen LogP) is 2.25. The Morgan fingerprint density at radius 3 is 2.43 bits per heavy atom. The van der Waals surface area contributed by atoms with Crippen LogP contribution < -0.4 is 10.0 Å². The lowest BCUT2D eigenvalue weighted by Crippen LogP contribution is -2.28. The number of rotatable bonds is 5. The van der Waals surface area contributed by atoms with Gasteiger partial charge in [-0.2, -0.15) is 0 Å². The lowest BCUT2D eigenvalue weighted by molar-refractivity contribution is 0.589. The molecule has 2 aromatic carbocycles. The molecule has 0 heterocycles. The SMILES string of the molecule is CN(c1ccccc1F)S(=O)(=O)Cc1cccc(CN)c1. The number of hydrogen-bond donors (Lipinski definition) is 1. The van der Waals surface area contributed by atoms with Gasteiger partial charge in [0.05, 0.1) is 11.4 Å². The largest absolute Gasteiger partial charge is 0.326 e. The van der Waals surface area contributed by atoms with Crippen LogP contribution in [-0.2, 0) is 22.3 Å². The zero-order valence-electron chi connectivity index (χ0n) is 11.7. The van der Waals surface area contributed by atoms with E-state index < -0.39 is 15.8 Å². The summed E-state index contributed by atoms with van der Waals surface area (Å²) in [6.07, 6.45) is 0. The average Bonchev–Trinajstić information content (AvgIpc) is 2.47. The summed E-state index contributed by atoms with van der Waals surface area (Å²) in [7, 11) is -2.31. The highest BCUT2D eigenvalue weighted by molar-refractivity contribution is 7.92. The van der Waals surface area contributed by atoms with Crippen molar-refractivity contribution in [2.75, 3.05) is 11.4 Å². The van der Waals surface area contributed by atoms with Crippen LogP contribution in [0.2, 0.25) is 0 Å². The predicted molar refractivity (Wildman–Crippen MR) is 81.8 cm³/mol. The lowest BCUT2D eigenvalue weighted by atomic mass is 10.1. The maximum atomic E-state index is 13.7. The van der Waals surface area contributed by atoms with Gasteiger partial charge >= 0.3 is 0 Å². The summed E-state index contributed by atoms with van der Waals surface area (Å²) in [5.74, 6) is -0.773. The first-order valence-corrected chi connectivity index (χ1v) is 8.04. The molecule has 0 aliphatic carbocycles. The standard InChI is InChI=1S/C15H17FN2O2S/c1-18(15-8-3-2-7-14(15)16)21(19,20)11-13-6-4-5-12(9-13)10-17/h2-9H,10-11,17H2,1H3. The molecule has 0 aliphatic rings. The third-order valence-electron chi connectivity index (χ3n) is 3.19. The van der Waals surface area contributed by atoms with Crippen LogP contribution in [0.3, 0.4) is 0 Å². The highest BCUT2D eigenvalue weighted by atomic mass is 32.2. The molecule has 0 unspecified atom stereocenters. The first kappa shape index (κ1) is 15.5. The summed E-state index contributed by atoms with van der Waals surface area (Å²) in [6, 6.07) is 12.8. The van der Waals surface area contributed by atoms with Crippen molar-refractivity contribution < 1.29 is 12.8 Å². The molecular weight excluding hydrogens is 291 g/mol. The molecule has 21 heavy (non-hydrogen) atoms. The number of halogens is 1. The van der Waals surface area contributed by atoms with E-state index in [-0.39, 0.29) is 11.4 Å². The normalized spacial score (nSPS) is 11.4. The summed E-state index contributed by atoms with van der Waals surface area (Å²) in [4.78, 5) is 0. The summed E-state index contributed by atoms with van der Waals surface area (Å²) in [5, 5.41) is 0. The van der Waals surface area contributed by atoms with Crippen molar-refractivity contribution in [1.82, 2.24) is 0 Å². The molecular formula is C15H17FN2O2S. The molecule has 4 nitrogen and oxygen atoms in total. The van der Waals surface area contributed by atoms with Gasteiger partial charge in [0.1, 0.15) is 5.82 Å². The minimum absolute atomic E-state index is 0.0347. The van der Waals surface area contributed by atoms with Crippen LogP contribution in [0.4, 0.5) is 10.1 Å². The topological polar surface area (TPSA) is 63.4 Å². The molecule has 0 bridgehead atoms. The van der Waals surface area contributed by atoms with E-state index in [1.54, 1.807) is 24.3 Å². The monoisotopic (exact) mass is 308 g/mol. The van der Waals surface area contributed by atoms with Gasteiger partial charge in [0, 0.05) is 13.6 Å². The van der Waals surface area contributed by atoms with Crippen molar-refractivity contribution >= 4 is 15.7 Å². The van der Waals surface area contributed by atoms with Crippen molar-refractivity contribution in [2.45, 2.75) is 12.3 Å². The van der Waals surface area contributed by atoms with E-state index in [2.05, 4.69) is 0 Å². The van der Waals surface area contributed by atoms with Gasteiger partial charge in [-0.25, -0.2) is 12.8 Å². The van der Waals surface area contributed by atoms with Crippen molar-refractivity contribution in [3.05, 3.63) is 65.5 Å². The van der Waals surface area contributed by atoms with Gasteiger partial charge in [0.15, 0.2) is 0 Å². The Kier molecular flexibility index (Phi) is 4.59. The summed E-state index contributed by atoms with van der Waals surface area (Å²) in [5.41, 5.74) is 7.06. The fourth-order valence-electron chi connectivity index (χ4n) is 2.01. The van der Waals surface area contributed by atoms with Gasteiger partial charge < -0.3 is 5.73 Å². The van der Waals surface area contributed by atoms with Crippen LogP contribution in [0, 0.1) is 5.82 Å². The van der Waals surface area contributed by atoms with Gasteiger partial charge in [-0.15, -0.1) is 0 Å². The molecule has 0 aliphatic heterocycles. The first-order chi connectivity index (χ1) is 9.94. The molecule has 0 atom stereocenters. The van der Waals surface area contributed by atoms with E-state index in [0.717, 1.165) is 9.87 Å². The van der Waals surface area contributed by atoms with Crippen molar-refractivity contribution in [3.8, 4) is 0 Å². The fraction of sp³-hybridized carbons (Fsp3) is 0.200. The lowest BCUT2D eigenvalue weighted by Gasteiger charge is -2.20. The van der Waals surface area contributed by atoms with Gasteiger partial charge in [-0.3, -0.25) is 4.31 Å². The Balaban J connectivity index is 2.27. The third-order valence-corrected chi connectivity index (χ3v) is 4.91. The molecule has 0 amide bonds. The average molecular weight is 308 g/mol. The number of anilines is 1. The van der Waals surface area contributed by atoms with Crippen LogP contribution in [0.1, 0.15) is 11.1 Å². The third kappa shape index (κ3) is 3.59. The zero-order valence-corrected chi connectivity index (χ0v) is 12.5.